The minimum absolute atomic E-state index is 0.0814. The molecule has 144 valence electrons. The molecule has 10 heteroatoms. The quantitative estimate of drug-likeness (QED) is 0.700. The van der Waals surface area contributed by atoms with Gasteiger partial charge in [-0.1, -0.05) is 29.8 Å². The summed E-state index contributed by atoms with van der Waals surface area (Å²) in [5, 5.41) is 3.01. The van der Waals surface area contributed by atoms with E-state index in [4.69, 9.17) is 16.3 Å². The number of sulfone groups is 1. The number of benzene rings is 2. The van der Waals surface area contributed by atoms with E-state index in [1.807, 2.05) is 0 Å². The maximum atomic E-state index is 12.5. The number of alkyl halides is 2. The first kappa shape index (κ1) is 20.8. The van der Waals surface area contributed by atoms with E-state index in [0.717, 1.165) is 24.3 Å². The van der Waals surface area contributed by atoms with Crippen molar-refractivity contribution >= 4 is 33.3 Å². The first-order valence-electron chi connectivity index (χ1n) is 7.51. The summed E-state index contributed by atoms with van der Waals surface area (Å²) in [6.07, 6.45) is 0. The van der Waals surface area contributed by atoms with Gasteiger partial charge < -0.3 is 10.1 Å². The summed E-state index contributed by atoms with van der Waals surface area (Å²) in [7, 11) is -4.74. The topological polar surface area (TPSA) is 89.5 Å². The van der Waals surface area contributed by atoms with E-state index in [9.17, 15) is 26.8 Å². The molecular weight excluding hydrogens is 404 g/mol. The van der Waals surface area contributed by atoms with Crippen molar-refractivity contribution in [1.82, 2.24) is 5.32 Å². The molecular formula is C17H14ClF2NO5S. The lowest BCUT2D eigenvalue weighted by Gasteiger charge is -2.08. The number of amides is 1. The number of carbonyl (C=O) groups excluding carboxylic acids is 2. The van der Waals surface area contributed by atoms with E-state index in [-0.39, 0.29) is 12.1 Å². The Balaban J connectivity index is 1.88. The van der Waals surface area contributed by atoms with Gasteiger partial charge in [-0.3, -0.25) is 4.79 Å². The van der Waals surface area contributed by atoms with E-state index in [0.29, 0.717) is 10.6 Å². The third-order valence-electron chi connectivity index (χ3n) is 3.42. The van der Waals surface area contributed by atoms with Gasteiger partial charge in [0.1, 0.15) is 0 Å². The highest BCUT2D eigenvalue weighted by atomic mass is 35.5. The SMILES string of the molecule is O=C(COC(=O)c1ccc(S(=O)(=O)C(F)F)cc1)NCc1ccccc1Cl. The van der Waals surface area contributed by atoms with Crippen LogP contribution < -0.4 is 5.32 Å². The van der Waals surface area contributed by atoms with Gasteiger partial charge in [-0.15, -0.1) is 0 Å². The summed E-state index contributed by atoms with van der Waals surface area (Å²) in [6.45, 7) is -0.420. The van der Waals surface area contributed by atoms with Crippen LogP contribution in [0.5, 0.6) is 0 Å². The third-order valence-corrected chi connectivity index (χ3v) is 5.19. The highest BCUT2D eigenvalue weighted by molar-refractivity contribution is 7.91. The summed E-state index contributed by atoms with van der Waals surface area (Å²) in [4.78, 5) is 23.0. The molecule has 0 saturated carbocycles. The molecule has 2 aromatic carbocycles. The minimum atomic E-state index is -4.74. The number of rotatable bonds is 7. The molecule has 2 aromatic rings. The van der Waals surface area contributed by atoms with Crippen molar-refractivity contribution in [2.75, 3.05) is 6.61 Å². The van der Waals surface area contributed by atoms with Crippen molar-refractivity contribution in [1.29, 1.82) is 0 Å². The second-order valence-electron chi connectivity index (χ2n) is 5.27. The maximum Gasteiger partial charge on any atom is 0.341 e. The number of hydrogen-bond donors (Lipinski definition) is 1. The van der Waals surface area contributed by atoms with Crippen LogP contribution in [0.2, 0.25) is 5.02 Å². The molecule has 1 amide bonds. The monoisotopic (exact) mass is 417 g/mol. The van der Waals surface area contributed by atoms with Crippen LogP contribution in [0, 0.1) is 0 Å². The molecule has 0 aromatic heterocycles. The fourth-order valence-electron chi connectivity index (χ4n) is 1.98. The van der Waals surface area contributed by atoms with Crippen molar-refractivity contribution in [2.45, 2.75) is 17.2 Å². The Morgan fingerprint density at radius 1 is 1.07 bits per heavy atom. The van der Waals surface area contributed by atoms with Crippen molar-refractivity contribution < 1.29 is 31.5 Å². The maximum absolute atomic E-state index is 12.5. The zero-order valence-corrected chi connectivity index (χ0v) is 15.3. The number of carbonyl (C=O) groups is 2. The normalized spacial score (nSPS) is 11.3. The number of hydrogen-bond acceptors (Lipinski definition) is 5. The second kappa shape index (κ2) is 8.92. The first-order chi connectivity index (χ1) is 12.7. The van der Waals surface area contributed by atoms with E-state index < -0.39 is 39.0 Å². The van der Waals surface area contributed by atoms with Crippen LogP contribution in [0.1, 0.15) is 15.9 Å². The van der Waals surface area contributed by atoms with Crippen molar-refractivity contribution in [3.05, 3.63) is 64.7 Å². The number of esters is 1. The van der Waals surface area contributed by atoms with E-state index >= 15 is 0 Å². The highest BCUT2D eigenvalue weighted by Gasteiger charge is 2.26. The molecule has 0 spiro atoms. The van der Waals surface area contributed by atoms with Gasteiger partial charge in [-0.05, 0) is 35.9 Å². The van der Waals surface area contributed by atoms with E-state index in [2.05, 4.69) is 5.32 Å². The fraction of sp³-hybridized carbons (Fsp3) is 0.176. The van der Waals surface area contributed by atoms with Gasteiger partial charge in [0.05, 0.1) is 10.5 Å². The minimum Gasteiger partial charge on any atom is -0.452 e. The molecule has 2 rings (SSSR count). The van der Waals surface area contributed by atoms with Gasteiger partial charge in [0, 0.05) is 11.6 Å². The number of nitrogens with one attached hydrogen (secondary N) is 1. The molecule has 1 N–H and O–H groups in total. The molecule has 0 bridgehead atoms. The Bertz CT molecular complexity index is 933. The molecule has 0 aliphatic rings. The summed E-state index contributed by atoms with van der Waals surface area (Å²) >= 11 is 5.95. The Morgan fingerprint density at radius 2 is 1.70 bits per heavy atom. The highest BCUT2D eigenvalue weighted by Crippen LogP contribution is 2.19. The lowest BCUT2D eigenvalue weighted by Crippen LogP contribution is -2.28. The summed E-state index contributed by atoms with van der Waals surface area (Å²) < 4.78 is 52.3. The summed E-state index contributed by atoms with van der Waals surface area (Å²) in [5.41, 5.74) is 0.608. The molecule has 0 aliphatic heterocycles. The molecule has 0 unspecified atom stereocenters. The molecule has 0 radical (unpaired) electrons. The predicted molar refractivity (Wildman–Crippen MR) is 93.2 cm³/mol. The molecule has 0 atom stereocenters. The molecule has 27 heavy (non-hydrogen) atoms. The Hall–Kier alpha value is -2.52. The van der Waals surface area contributed by atoms with E-state index in [1.165, 1.54) is 0 Å². The predicted octanol–water partition coefficient (Wildman–Crippen LogP) is 2.81. The van der Waals surface area contributed by atoms with Crippen LogP contribution in [0.3, 0.4) is 0 Å². The van der Waals surface area contributed by atoms with Crippen LogP contribution >= 0.6 is 11.6 Å². The molecule has 0 fully saturated rings. The van der Waals surface area contributed by atoms with E-state index in [1.54, 1.807) is 24.3 Å². The number of ether oxygens (including phenoxy) is 1. The molecule has 0 aliphatic carbocycles. The van der Waals surface area contributed by atoms with Gasteiger partial charge in [0.25, 0.3) is 5.91 Å². The standard InChI is InChI=1S/C17H14ClF2NO5S/c18-14-4-2-1-3-12(14)9-21-15(22)10-26-16(23)11-5-7-13(8-6-11)27(24,25)17(19)20/h1-8,17H,9-10H2,(H,21,22). The second-order valence-corrected chi connectivity index (χ2v) is 7.60. The summed E-state index contributed by atoms with van der Waals surface area (Å²) in [5.74, 6) is -5.03. The third kappa shape index (κ3) is 5.48. The average Bonchev–Trinajstić information content (AvgIpc) is 2.65. The Labute approximate surface area is 159 Å². The Kier molecular flexibility index (Phi) is 6.86. The zero-order chi connectivity index (χ0) is 20.0. The molecule has 6 nitrogen and oxygen atoms in total. The fourth-order valence-corrected chi connectivity index (χ4v) is 2.91. The van der Waals surface area contributed by atoms with Gasteiger partial charge in [0.2, 0.25) is 9.84 Å². The van der Waals surface area contributed by atoms with Crippen molar-refractivity contribution in [3.63, 3.8) is 0 Å². The van der Waals surface area contributed by atoms with Crippen LogP contribution in [0.4, 0.5) is 8.78 Å². The van der Waals surface area contributed by atoms with Crippen LogP contribution in [0.25, 0.3) is 0 Å². The van der Waals surface area contributed by atoms with Gasteiger partial charge >= 0.3 is 11.7 Å². The smallest absolute Gasteiger partial charge is 0.341 e. The summed E-state index contributed by atoms with van der Waals surface area (Å²) in [6, 6.07) is 10.7. The zero-order valence-electron chi connectivity index (χ0n) is 13.7. The first-order valence-corrected chi connectivity index (χ1v) is 9.43. The van der Waals surface area contributed by atoms with Crippen LogP contribution in [-0.4, -0.2) is 32.7 Å². The largest absolute Gasteiger partial charge is 0.452 e. The lowest BCUT2D eigenvalue weighted by atomic mass is 10.2. The van der Waals surface area contributed by atoms with Crippen molar-refractivity contribution in [3.8, 4) is 0 Å². The molecule has 0 heterocycles. The van der Waals surface area contributed by atoms with Gasteiger partial charge in [-0.2, -0.15) is 8.78 Å². The van der Waals surface area contributed by atoms with Crippen molar-refractivity contribution in [2.24, 2.45) is 0 Å². The average molecular weight is 418 g/mol. The van der Waals surface area contributed by atoms with Crippen LogP contribution in [0.15, 0.2) is 53.4 Å². The lowest BCUT2D eigenvalue weighted by molar-refractivity contribution is -0.124. The van der Waals surface area contributed by atoms with Gasteiger partial charge in [-0.25, -0.2) is 13.2 Å². The number of halogens is 3. The van der Waals surface area contributed by atoms with Gasteiger partial charge in [0.15, 0.2) is 6.61 Å². The Morgan fingerprint density at radius 3 is 2.30 bits per heavy atom. The molecule has 0 saturated heterocycles. The van der Waals surface area contributed by atoms with Crippen LogP contribution in [-0.2, 0) is 25.9 Å².